The Morgan fingerprint density at radius 1 is 1.00 bits per heavy atom. The molecule has 2 aromatic rings. The zero-order valence-electron chi connectivity index (χ0n) is 17.7. The Labute approximate surface area is 173 Å². The standard InChI is InChI=1S/C23H30ClNO3/c1-13(2)19-12-20(14(3)11-22(19)27-7)16(5)25-23(26)17(6)28-18-8-9-21(24)15(4)10-18/h8-13,16-17H,1-7H3,(H,25,26)/t16-,17-/m0/s1. The van der Waals surface area contributed by atoms with Gasteiger partial charge in [0.2, 0.25) is 0 Å². The van der Waals surface area contributed by atoms with E-state index in [1.54, 1.807) is 26.2 Å². The fourth-order valence-corrected chi connectivity index (χ4v) is 3.28. The van der Waals surface area contributed by atoms with Gasteiger partial charge in [0.15, 0.2) is 6.10 Å². The van der Waals surface area contributed by atoms with Gasteiger partial charge in [-0.3, -0.25) is 4.79 Å². The fourth-order valence-electron chi connectivity index (χ4n) is 3.17. The number of hydrogen-bond donors (Lipinski definition) is 1. The van der Waals surface area contributed by atoms with Crippen LogP contribution in [0.5, 0.6) is 11.5 Å². The van der Waals surface area contributed by atoms with Crippen molar-refractivity contribution in [2.24, 2.45) is 0 Å². The molecular weight excluding hydrogens is 374 g/mol. The molecule has 0 aliphatic carbocycles. The number of methoxy groups -OCH3 is 1. The van der Waals surface area contributed by atoms with Gasteiger partial charge in [0.1, 0.15) is 11.5 Å². The second kappa shape index (κ2) is 9.33. The quantitative estimate of drug-likeness (QED) is 0.641. The number of hydrogen-bond acceptors (Lipinski definition) is 3. The zero-order valence-corrected chi connectivity index (χ0v) is 18.5. The average molecular weight is 404 g/mol. The van der Waals surface area contributed by atoms with Crippen LogP contribution in [-0.4, -0.2) is 19.1 Å². The van der Waals surface area contributed by atoms with Crippen LogP contribution in [0.15, 0.2) is 30.3 Å². The van der Waals surface area contributed by atoms with Gasteiger partial charge in [-0.15, -0.1) is 0 Å². The third-order valence-corrected chi connectivity index (χ3v) is 5.30. The molecule has 2 rings (SSSR count). The Hall–Kier alpha value is -2.20. The number of nitrogens with one attached hydrogen (secondary N) is 1. The van der Waals surface area contributed by atoms with E-state index in [1.165, 1.54) is 0 Å². The summed E-state index contributed by atoms with van der Waals surface area (Å²) < 4.78 is 11.3. The SMILES string of the molecule is COc1cc(C)c([C@H](C)NC(=O)[C@H](C)Oc2ccc(Cl)c(C)c2)cc1C(C)C. The van der Waals surface area contributed by atoms with E-state index in [9.17, 15) is 4.79 Å². The van der Waals surface area contributed by atoms with Gasteiger partial charge in [0, 0.05) is 5.02 Å². The Balaban J connectivity index is 2.12. The highest BCUT2D eigenvalue weighted by Crippen LogP contribution is 2.32. The largest absolute Gasteiger partial charge is 0.496 e. The highest BCUT2D eigenvalue weighted by molar-refractivity contribution is 6.31. The summed E-state index contributed by atoms with van der Waals surface area (Å²) in [5.41, 5.74) is 4.20. The molecule has 0 radical (unpaired) electrons. The van der Waals surface area contributed by atoms with Gasteiger partial charge in [-0.25, -0.2) is 0 Å². The first-order valence-corrected chi connectivity index (χ1v) is 9.93. The number of carbonyl (C=O) groups is 1. The normalized spacial score (nSPS) is 13.2. The minimum atomic E-state index is -0.619. The monoisotopic (exact) mass is 403 g/mol. The number of rotatable bonds is 7. The molecule has 0 bridgehead atoms. The number of benzene rings is 2. The molecule has 152 valence electrons. The van der Waals surface area contributed by atoms with Crippen LogP contribution in [0.25, 0.3) is 0 Å². The van der Waals surface area contributed by atoms with Gasteiger partial charge in [0.05, 0.1) is 13.2 Å². The molecule has 0 unspecified atom stereocenters. The molecule has 0 saturated carbocycles. The van der Waals surface area contributed by atoms with Crippen molar-refractivity contribution in [3.63, 3.8) is 0 Å². The molecule has 0 fully saturated rings. The summed E-state index contributed by atoms with van der Waals surface area (Å²) in [7, 11) is 1.68. The highest BCUT2D eigenvalue weighted by atomic mass is 35.5. The smallest absolute Gasteiger partial charge is 0.261 e. The van der Waals surface area contributed by atoms with Crippen molar-refractivity contribution in [1.29, 1.82) is 0 Å². The summed E-state index contributed by atoms with van der Waals surface area (Å²) in [6.45, 7) is 11.9. The van der Waals surface area contributed by atoms with Crippen molar-refractivity contribution in [1.82, 2.24) is 5.32 Å². The molecule has 1 N–H and O–H groups in total. The van der Waals surface area contributed by atoms with Crippen LogP contribution in [0.4, 0.5) is 0 Å². The summed E-state index contributed by atoms with van der Waals surface area (Å²) in [6, 6.07) is 9.38. The van der Waals surface area contributed by atoms with Gasteiger partial charge in [0.25, 0.3) is 5.91 Å². The Kier molecular flexibility index (Phi) is 7.36. The van der Waals surface area contributed by atoms with Crippen molar-refractivity contribution in [3.05, 3.63) is 57.6 Å². The number of ether oxygens (including phenoxy) is 2. The number of halogens is 1. The predicted octanol–water partition coefficient (Wildman–Crippen LogP) is 5.73. The summed E-state index contributed by atoms with van der Waals surface area (Å²) in [4.78, 5) is 12.6. The van der Waals surface area contributed by atoms with Gasteiger partial charge in [-0.05, 0) is 86.2 Å². The zero-order chi connectivity index (χ0) is 21.0. The van der Waals surface area contributed by atoms with Crippen LogP contribution in [0.1, 0.15) is 61.9 Å². The third-order valence-electron chi connectivity index (χ3n) is 4.88. The first kappa shape index (κ1) is 22.1. The van der Waals surface area contributed by atoms with Crippen LogP contribution in [0.2, 0.25) is 5.02 Å². The average Bonchev–Trinajstić information content (AvgIpc) is 2.63. The fraction of sp³-hybridized carbons (Fsp3) is 0.435. The topological polar surface area (TPSA) is 47.6 Å². The lowest BCUT2D eigenvalue weighted by atomic mass is 9.93. The number of aryl methyl sites for hydroxylation is 2. The molecular formula is C23H30ClNO3. The summed E-state index contributed by atoms with van der Waals surface area (Å²) in [6.07, 6.45) is -0.619. The van der Waals surface area contributed by atoms with Gasteiger partial charge in [-0.2, -0.15) is 0 Å². The van der Waals surface area contributed by atoms with E-state index in [-0.39, 0.29) is 11.9 Å². The molecule has 2 atom stereocenters. The van der Waals surface area contributed by atoms with Crippen LogP contribution in [-0.2, 0) is 4.79 Å². The lowest BCUT2D eigenvalue weighted by Gasteiger charge is -2.23. The lowest BCUT2D eigenvalue weighted by Crippen LogP contribution is -2.38. The lowest BCUT2D eigenvalue weighted by molar-refractivity contribution is -0.127. The summed E-state index contributed by atoms with van der Waals surface area (Å²) in [5, 5.41) is 3.73. The Morgan fingerprint density at radius 3 is 2.25 bits per heavy atom. The molecule has 1 amide bonds. The molecule has 4 nitrogen and oxygen atoms in total. The minimum Gasteiger partial charge on any atom is -0.496 e. The second-order valence-electron chi connectivity index (χ2n) is 7.51. The summed E-state index contributed by atoms with van der Waals surface area (Å²) >= 11 is 6.04. The molecule has 2 aromatic carbocycles. The third kappa shape index (κ3) is 5.20. The molecule has 0 spiro atoms. The first-order valence-electron chi connectivity index (χ1n) is 9.55. The van der Waals surface area contributed by atoms with Gasteiger partial charge in [-0.1, -0.05) is 25.4 Å². The minimum absolute atomic E-state index is 0.145. The number of amides is 1. The van der Waals surface area contributed by atoms with Crippen LogP contribution < -0.4 is 14.8 Å². The van der Waals surface area contributed by atoms with Crippen LogP contribution in [0.3, 0.4) is 0 Å². The Bertz CT molecular complexity index is 848. The molecule has 0 heterocycles. The van der Waals surface area contributed by atoms with Crippen molar-refractivity contribution < 1.29 is 14.3 Å². The van der Waals surface area contributed by atoms with Gasteiger partial charge >= 0.3 is 0 Å². The van der Waals surface area contributed by atoms with Crippen molar-refractivity contribution in [3.8, 4) is 11.5 Å². The molecule has 0 aliphatic heterocycles. The number of carbonyl (C=O) groups excluding carboxylic acids is 1. The van der Waals surface area contributed by atoms with E-state index < -0.39 is 6.10 Å². The highest BCUT2D eigenvalue weighted by Gasteiger charge is 2.20. The maximum absolute atomic E-state index is 12.6. The van der Waals surface area contributed by atoms with Crippen LogP contribution in [0, 0.1) is 13.8 Å². The van der Waals surface area contributed by atoms with E-state index >= 15 is 0 Å². The second-order valence-corrected chi connectivity index (χ2v) is 7.91. The van der Waals surface area contributed by atoms with Crippen molar-refractivity contribution in [2.75, 3.05) is 7.11 Å². The van der Waals surface area contributed by atoms with Gasteiger partial charge < -0.3 is 14.8 Å². The molecule has 0 saturated heterocycles. The van der Waals surface area contributed by atoms with E-state index in [0.29, 0.717) is 16.7 Å². The van der Waals surface area contributed by atoms with E-state index in [4.69, 9.17) is 21.1 Å². The summed E-state index contributed by atoms with van der Waals surface area (Å²) in [5.74, 6) is 1.67. The molecule has 0 aromatic heterocycles. The van der Waals surface area contributed by atoms with Crippen LogP contribution >= 0.6 is 11.6 Å². The van der Waals surface area contributed by atoms with Crippen molar-refractivity contribution in [2.45, 2.75) is 59.6 Å². The first-order chi connectivity index (χ1) is 13.1. The van der Waals surface area contributed by atoms with E-state index in [2.05, 4.69) is 25.2 Å². The van der Waals surface area contributed by atoms with Crippen molar-refractivity contribution >= 4 is 17.5 Å². The maximum atomic E-state index is 12.6. The van der Waals surface area contributed by atoms with E-state index in [1.807, 2.05) is 32.9 Å². The van der Waals surface area contributed by atoms with E-state index in [0.717, 1.165) is 28.0 Å². The maximum Gasteiger partial charge on any atom is 0.261 e. The molecule has 5 heteroatoms. The molecule has 28 heavy (non-hydrogen) atoms. The molecule has 0 aliphatic rings. The Morgan fingerprint density at radius 2 is 1.68 bits per heavy atom. The predicted molar refractivity (Wildman–Crippen MR) is 115 cm³/mol.